The Hall–Kier alpha value is -2.15. The number of carbonyl (C=O) groups is 2. The van der Waals surface area contributed by atoms with Gasteiger partial charge in [0, 0.05) is 31.8 Å². The van der Waals surface area contributed by atoms with Gasteiger partial charge in [-0.05, 0) is 28.8 Å². The van der Waals surface area contributed by atoms with Gasteiger partial charge in [0.1, 0.15) is 0 Å². The van der Waals surface area contributed by atoms with Gasteiger partial charge in [0.25, 0.3) is 0 Å². The van der Waals surface area contributed by atoms with Crippen LogP contribution in [0.3, 0.4) is 0 Å². The first kappa shape index (κ1) is 14.8. The number of carboxylic acid groups (broad SMARTS) is 1. The average molecular weight is 319 g/mol. The number of piperidine rings is 1. The average Bonchev–Trinajstić information content (AvgIpc) is 3.12. The molecule has 1 N–H and O–H groups in total. The quantitative estimate of drug-likeness (QED) is 0.936. The highest BCUT2D eigenvalue weighted by Gasteiger charge is 2.41. The van der Waals surface area contributed by atoms with Crippen LogP contribution in [0.15, 0.2) is 29.2 Å². The van der Waals surface area contributed by atoms with Crippen molar-refractivity contribution in [2.45, 2.75) is 25.4 Å². The Kier molecular flexibility index (Phi) is 3.98. The third kappa shape index (κ3) is 2.76. The number of aromatic nitrogens is 2. The number of amides is 1. The van der Waals surface area contributed by atoms with Crippen LogP contribution in [-0.4, -0.2) is 31.7 Å². The molecule has 0 aliphatic carbocycles. The Labute approximate surface area is 132 Å². The molecular formula is C15H17N3O3S. The maximum Gasteiger partial charge on any atom is 0.308 e. The Bertz CT molecular complexity index is 680. The minimum atomic E-state index is -0.864. The fourth-order valence-electron chi connectivity index (χ4n) is 2.98. The van der Waals surface area contributed by atoms with Gasteiger partial charge in [0.15, 0.2) is 0 Å². The molecule has 7 heteroatoms. The van der Waals surface area contributed by atoms with Crippen molar-refractivity contribution in [3.63, 3.8) is 0 Å². The normalized spacial score (nSPS) is 22.0. The van der Waals surface area contributed by atoms with Crippen LogP contribution in [-0.2, 0) is 23.2 Å². The molecule has 0 radical (unpaired) electrons. The number of carbonyl (C=O) groups excluding carboxylic acids is 1. The molecule has 0 saturated carbocycles. The predicted molar refractivity (Wildman–Crippen MR) is 81.2 cm³/mol. The second-order valence-electron chi connectivity index (χ2n) is 5.53. The SMILES string of the molecule is Cn1cc([C@@H]2[C@@H](C(=O)O)CCC(=O)N2Cc2ccsc2)cn1. The van der Waals surface area contributed by atoms with Crippen LogP contribution in [0.2, 0.25) is 0 Å². The number of aryl methyl sites for hydroxylation is 1. The van der Waals surface area contributed by atoms with Gasteiger partial charge in [0.05, 0.1) is 18.2 Å². The second-order valence-corrected chi connectivity index (χ2v) is 6.31. The van der Waals surface area contributed by atoms with Crippen molar-refractivity contribution in [3.05, 3.63) is 40.3 Å². The number of hydrogen-bond acceptors (Lipinski definition) is 4. The van der Waals surface area contributed by atoms with E-state index >= 15 is 0 Å². The Morgan fingerprint density at radius 1 is 1.55 bits per heavy atom. The van der Waals surface area contributed by atoms with E-state index in [4.69, 9.17) is 0 Å². The molecule has 6 nitrogen and oxygen atoms in total. The summed E-state index contributed by atoms with van der Waals surface area (Å²) in [6.07, 6.45) is 4.09. The molecule has 1 aliphatic heterocycles. The first-order valence-corrected chi connectivity index (χ1v) is 8.02. The van der Waals surface area contributed by atoms with Crippen LogP contribution in [0.4, 0.5) is 0 Å². The minimum absolute atomic E-state index is 0.00227. The molecule has 22 heavy (non-hydrogen) atoms. The zero-order chi connectivity index (χ0) is 15.7. The number of aliphatic carboxylic acids is 1. The second kappa shape index (κ2) is 5.92. The molecule has 2 aromatic rings. The number of carboxylic acids is 1. The van der Waals surface area contributed by atoms with E-state index in [1.165, 1.54) is 0 Å². The van der Waals surface area contributed by atoms with E-state index in [0.717, 1.165) is 11.1 Å². The van der Waals surface area contributed by atoms with Crippen molar-refractivity contribution in [3.8, 4) is 0 Å². The highest BCUT2D eigenvalue weighted by molar-refractivity contribution is 7.07. The van der Waals surface area contributed by atoms with Crippen LogP contribution in [0.5, 0.6) is 0 Å². The minimum Gasteiger partial charge on any atom is -0.481 e. The Morgan fingerprint density at radius 3 is 2.95 bits per heavy atom. The molecule has 1 saturated heterocycles. The van der Waals surface area contributed by atoms with E-state index in [9.17, 15) is 14.7 Å². The molecule has 0 bridgehead atoms. The van der Waals surface area contributed by atoms with E-state index in [-0.39, 0.29) is 12.3 Å². The van der Waals surface area contributed by atoms with Gasteiger partial charge in [-0.15, -0.1) is 0 Å². The first-order chi connectivity index (χ1) is 10.6. The number of rotatable bonds is 4. The predicted octanol–water partition coefficient (Wildman–Crippen LogP) is 2.05. The van der Waals surface area contributed by atoms with Crippen LogP contribution in [0, 0.1) is 5.92 Å². The van der Waals surface area contributed by atoms with Crippen molar-refractivity contribution in [2.75, 3.05) is 0 Å². The highest BCUT2D eigenvalue weighted by Crippen LogP contribution is 2.37. The van der Waals surface area contributed by atoms with Gasteiger partial charge in [-0.1, -0.05) is 0 Å². The fraction of sp³-hybridized carbons (Fsp3) is 0.400. The van der Waals surface area contributed by atoms with Crippen molar-refractivity contribution < 1.29 is 14.7 Å². The molecule has 2 aromatic heterocycles. The molecule has 1 fully saturated rings. The van der Waals surface area contributed by atoms with Gasteiger partial charge in [0.2, 0.25) is 5.91 Å². The molecule has 0 spiro atoms. The summed E-state index contributed by atoms with van der Waals surface area (Å²) in [6, 6.07) is 1.50. The molecule has 2 atom stereocenters. The van der Waals surface area contributed by atoms with Crippen molar-refractivity contribution in [1.29, 1.82) is 0 Å². The molecule has 0 aromatic carbocycles. The van der Waals surface area contributed by atoms with Gasteiger partial charge in [-0.25, -0.2) is 0 Å². The smallest absolute Gasteiger partial charge is 0.308 e. The maximum atomic E-state index is 12.4. The number of hydrogen-bond donors (Lipinski definition) is 1. The van der Waals surface area contributed by atoms with Crippen LogP contribution < -0.4 is 0 Å². The van der Waals surface area contributed by atoms with E-state index < -0.39 is 17.9 Å². The Balaban J connectivity index is 1.97. The van der Waals surface area contributed by atoms with Crippen LogP contribution in [0.1, 0.15) is 30.0 Å². The van der Waals surface area contributed by atoms with Crippen molar-refractivity contribution in [2.24, 2.45) is 13.0 Å². The van der Waals surface area contributed by atoms with E-state index in [1.54, 1.807) is 40.4 Å². The third-order valence-corrected chi connectivity index (χ3v) is 4.76. The number of nitrogens with zero attached hydrogens (tertiary/aromatic N) is 3. The van der Waals surface area contributed by atoms with Crippen molar-refractivity contribution >= 4 is 23.2 Å². The maximum absolute atomic E-state index is 12.4. The Morgan fingerprint density at radius 2 is 2.36 bits per heavy atom. The van der Waals surface area contributed by atoms with Gasteiger partial charge >= 0.3 is 5.97 Å². The largest absolute Gasteiger partial charge is 0.481 e. The highest BCUT2D eigenvalue weighted by atomic mass is 32.1. The molecule has 1 amide bonds. The molecule has 116 valence electrons. The molecular weight excluding hydrogens is 302 g/mol. The summed E-state index contributed by atoms with van der Waals surface area (Å²) in [5.74, 6) is -1.46. The van der Waals surface area contributed by atoms with E-state index in [0.29, 0.717) is 13.0 Å². The lowest BCUT2D eigenvalue weighted by Crippen LogP contribution is -2.44. The summed E-state index contributed by atoms with van der Waals surface area (Å²) in [6.45, 7) is 0.436. The lowest BCUT2D eigenvalue weighted by molar-refractivity contribution is -0.152. The van der Waals surface area contributed by atoms with E-state index in [2.05, 4.69) is 5.10 Å². The molecule has 0 unspecified atom stereocenters. The third-order valence-electron chi connectivity index (χ3n) is 4.02. The zero-order valence-electron chi connectivity index (χ0n) is 12.2. The van der Waals surface area contributed by atoms with Gasteiger partial charge in [-0.2, -0.15) is 16.4 Å². The topological polar surface area (TPSA) is 75.4 Å². The van der Waals surface area contributed by atoms with Gasteiger partial charge in [-0.3, -0.25) is 14.3 Å². The number of thiophene rings is 1. The summed E-state index contributed by atoms with van der Waals surface area (Å²) in [5, 5.41) is 17.6. The summed E-state index contributed by atoms with van der Waals surface area (Å²) >= 11 is 1.57. The first-order valence-electron chi connectivity index (χ1n) is 7.08. The molecule has 3 rings (SSSR count). The summed E-state index contributed by atoms with van der Waals surface area (Å²) in [4.78, 5) is 25.7. The molecule has 1 aliphatic rings. The monoisotopic (exact) mass is 319 g/mol. The van der Waals surface area contributed by atoms with Gasteiger partial charge < -0.3 is 10.0 Å². The summed E-state index contributed by atoms with van der Waals surface area (Å²) < 4.78 is 1.64. The van der Waals surface area contributed by atoms with Crippen LogP contribution >= 0.6 is 11.3 Å². The fourth-order valence-corrected chi connectivity index (χ4v) is 3.64. The van der Waals surface area contributed by atoms with Crippen LogP contribution in [0.25, 0.3) is 0 Å². The summed E-state index contributed by atoms with van der Waals surface area (Å²) in [7, 11) is 1.78. The number of likely N-dealkylation sites (tertiary alicyclic amines) is 1. The molecule has 3 heterocycles. The zero-order valence-corrected chi connectivity index (χ0v) is 13.0. The van der Waals surface area contributed by atoms with E-state index in [1.807, 2.05) is 16.8 Å². The lowest BCUT2D eigenvalue weighted by atomic mass is 9.85. The summed E-state index contributed by atoms with van der Waals surface area (Å²) in [5.41, 5.74) is 1.80. The lowest BCUT2D eigenvalue weighted by Gasteiger charge is -2.39. The van der Waals surface area contributed by atoms with Crippen molar-refractivity contribution in [1.82, 2.24) is 14.7 Å². The standard InChI is InChI=1S/C15H17N3O3S/c1-17-8-11(6-16-17)14-12(15(20)21)2-3-13(19)18(14)7-10-4-5-22-9-10/h4-6,8-9,12,14H,2-3,7H2,1H3,(H,20,21)/t12-,14+/m0/s1.